The lowest BCUT2D eigenvalue weighted by Gasteiger charge is -2.39. The van der Waals surface area contributed by atoms with Gasteiger partial charge in [0.05, 0.1) is 0 Å². The van der Waals surface area contributed by atoms with E-state index in [1.165, 1.54) is 4.90 Å². The number of nitrogens with two attached hydrogens (primary N) is 1. The maximum absolute atomic E-state index is 14.2. The van der Waals surface area contributed by atoms with Crippen LogP contribution in [0.3, 0.4) is 0 Å². The summed E-state index contributed by atoms with van der Waals surface area (Å²) in [6.45, 7) is 7.99. The number of amides is 2. The number of hydrogen-bond donors (Lipinski definition) is 1. The zero-order chi connectivity index (χ0) is 25.9. The average molecular weight is 489 g/mol. The summed E-state index contributed by atoms with van der Waals surface area (Å²) >= 11 is 0. The zero-order valence-electron chi connectivity index (χ0n) is 21.4. The van der Waals surface area contributed by atoms with Crippen molar-refractivity contribution in [2.75, 3.05) is 24.5 Å². The number of piperidine rings is 1. The Morgan fingerprint density at radius 1 is 1.14 bits per heavy atom. The summed E-state index contributed by atoms with van der Waals surface area (Å²) < 4.78 is 0. The molecule has 1 aromatic heterocycles. The van der Waals surface area contributed by atoms with Gasteiger partial charge >= 0.3 is 0 Å². The Kier molecular flexibility index (Phi) is 7.60. The van der Waals surface area contributed by atoms with Crippen LogP contribution >= 0.6 is 0 Å². The van der Waals surface area contributed by atoms with Crippen molar-refractivity contribution in [3.63, 3.8) is 0 Å². The third kappa shape index (κ3) is 5.36. The van der Waals surface area contributed by atoms with E-state index in [-0.39, 0.29) is 23.3 Å². The second-order valence-electron chi connectivity index (χ2n) is 10.8. The Labute approximate surface area is 213 Å². The van der Waals surface area contributed by atoms with Gasteiger partial charge in [0.2, 0.25) is 0 Å². The van der Waals surface area contributed by atoms with Gasteiger partial charge < -0.3 is 10.6 Å². The minimum absolute atomic E-state index is 0.0566. The Morgan fingerprint density at radius 3 is 2.47 bits per heavy atom. The zero-order valence-corrected chi connectivity index (χ0v) is 21.4. The summed E-state index contributed by atoms with van der Waals surface area (Å²) in [5.41, 5.74) is 8.55. The van der Waals surface area contributed by atoms with Crippen molar-refractivity contribution < 1.29 is 9.59 Å². The molecule has 0 bridgehead atoms. The minimum Gasteiger partial charge on any atom is -0.339 e. The van der Waals surface area contributed by atoms with Crippen molar-refractivity contribution in [1.82, 2.24) is 14.8 Å². The van der Waals surface area contributed by atoms with Crippen LogP contribution in [0.5, 0.6) is 0 Å². The summed E-state index contributed by atoms with van der Waals surface area (Å²) in [5, 5.41) is 9.67. The highest BCUT2D eigenvalue weighted by Crippen LogP contribution is 2.34. The number of anilines is 1. The van der Waals surface area contributed by atoms with E-state index in [0.717, 1.165) is 24.8 Å². The van der Waals surface area contributed by atoms with E-state index in [4.69, 9.17) is 5.73 Å². The number of benzene rings is 1. The van der Waals surface area contributed by atoms with Crippen molar-refractivity contribution in [2.45, 2.75) is 70.0 Å². The molecule has 8 nitrogen and oxygen atoms in total. The van der Waals surface area contributed by atoms with Gasteiger partial charge in [-0.05, 0) is 54.9 Å². The first-order chi connectivity index (χ1) is 17.2. The Hall–Kier alpha value is -3.44. The van der Waals surface area contributed by atoms with E-state index in [0.29, 0.717) is 37.3 Å². The third-order valence-corrected chi connectivity index (χ3v) is 7.18. The molecule has 0 spiro atoms. The molecule has 2 amide bonds. The average Bonchev–Trinajstić information content (AvgIpc) is 3.36. The molecule has 3 atom stereocenters. The molecular weight excluding hydrogens is 452 g/mol. The molecule has 0 aliphatic carbocycles. The number of likely N-dealkylation sites (tertiary alicyclic amines) is 2. The fourth-order valence-electron chi connectivity index (χ4n) is 5.15. The first-order valence-corrected chi connectivity index (χ1v) is 12.7. The van der Waals surface area contributed by atoms with Crippen LogP contribution in [0.2, 0.25) is 0 Å². The molecule has 2 aromatic rings. The van der Waals surface area contributed by atoms with Crippen LogP contribution < -0.4 is 10.6 Å². The number of pyridine rings is 1. The number of nitrogens with zero attached hydrogens (tertiary/aromatic N) is 5. The van der Waals surface area contributed by atoms with Crippen molar-refractivity contribution in [3.05, 3.63) is 59.9 Å². The lowest BCUT2D eigenvalue weighted by Crippen LogP contribution is -2.53. The number of carbonyl (C=O) groups is 2. The molecule has 2 aliphatic heterocycles. The molecule has 8 heteroatoms. The number of aromatic nitrogens is 1. The molecule has 1 unspecified atom stereocenters. The quantitative estimate of drug-likeness (QED) is 0.647. The van der Waals surface area contributed by atoms with Gasteiger partial charge in [-0.1, -0.05) is 39.0 Å². The highest BCUT2D eigenvalue weighted by Gasteiger charge is 2.42. The Balaban J connectivity index is 1.82. The van der Waals surface area contributed by atoms with E-state index < -0.39 is 12.1 Å². The van der Waals surface area contributed by atoms with Crippen molar-refractivity contribution in [3.8, 4) is 6.19 Å². The van der Waals surface area contributed by atoms with Crippen LogP contribution in [0.1, 0.15) is 63.6 Å². The van der Waals surface area contributed by atoms with Crippen LogP contribution in [0.25, 0.3) is 0 Å². The highest BCUT2D eigenvalue weighted by molar-refractivity contribution is 6.04. The lowest BCUT2D eigenvalue weighted by molar-refractivity contribution is -0.136. The van der Waals surface area contributed by atoms with Gasteiger partial charge in [-0.15, -0.1) is 0 Å². The maximum Gasteiger partial charge on any atom is 0.251 e. The van der Waals surface area contributed by atoms with E-state index in [9.17, 15) is 14.9 Å². The van der Waals surface area contributed by atoms with Gasteiger partial charge in [-0.2, -0.15) is 5.26 Å². The van der Waals surface area contributed by atoms with Crippen LogP contribution in [-0.2, 0) is 15.0 Å². The molecule has 2 saturated heterocycles. The molecule has 2 N–H and O–H groups in total. The maximum atomic E-state index is 14.2. The molecule has 0 saturated carbocycles. The van der Waals surface area contributed by atoms with Gasteiger partial charge in [-0.25, -0.2) is 0 Å². The summed E-state index contributed by atoms with van der Waals surface area (Å²) in [5.74, 6) is -0.422. The number of nitriles is 1. The first-order valence-electron chi connectivity index (χ1n) is 12.7. The van der Waals surface area contributed by atoms with Crippen molar-refractivity contribution in [2.24, 2.45) is 5.73 Å². The largest absolute Gasteiger partial charge is 0.339 e. The fourth-order valence-corrected chi connectivity index (χ4v) is 5.15. The molecule has 2 aliphatic rings. The summed E-state index contributed by atoms with van der Waals surface area (Å²) in [6.07, 6.45) is 8.50. The van der Waals surface area contributed by atoms with Crippen LogP contribution in [0.15, 0.2) is 48.8 Å². The number of hydrogen-bond acceptors (Lipinski definition) is 6. The van der Waals surface area contributed by atoms with Crippen LogP contribution in [0.4, 0.5) is 5.69 Å². The van der Waals surface area contributed by atoms with E-state index in [1.807, 2.05) is 30.3 Å². The second-order valence-corrected chi connectivity index (χ2v) is 10.8. The van der Waals surface area contributed by atoms with E-state index >= 15 is 0 Å². The number of carbonyl (C=O) groups excluding carboxylic acids is 2. The monoisotopic (exact) mass is 488 g/mol. The van der Waals surface area contributed by atoms with Gasteiger partial charge in [0.1, 0.15) is 12.1 Å². The van der Waals surface area contributed by atoms with Crippen LogP contribution in [0, 0.1) is 11.5 Å². The van der Waals surface area contributed by atoms with E-state index in [2.05, 4.69) is 31.9 Å². The summed E-state index contributed by atoms with van der Waals surface area (Å²) in [6, 6.07) is 9.84. The van der Waals surface area contributed by atoms with Crippen molar-refractivity contribution in [1.29, 1.82) is 5.26 Å². The molecule has 0 radical (unpaired) electrons. The molecule has 1 aromatic carbocycles. The Bertz CT molecular complexity index is 1110. The van der Waals surface area contributed by atoms with Crippen LogP contribution in [-0.4, -0.2) is 58.3 Å². The smallest absolute Gasteiger partial charge is 0.251 e. The van der Waals surface area contributed by atoms with Gasteiger partial charge in [0.15, 0.2) is 6.19 Å². The fraction of sp³-hybridized carbons (Fsp3) is 0.500. The molecule has 4 rings (SSSR count). The minimum atomic E-state index is -0.905. The Morgan fingerprint density at radius 2 is 1.86 bits per heavy atom. The lowest BCUT2D eigenvalue weighted by atomic mass is 9.87. The molecule has 190 valence electrons. The van der Waals surface area contributed by atoms with E-state index in [1.54, 1.807) is 28.3 Å². The summed E-state index contributed by atoms with van der Waals surface area (Å²) in [7, 11) is 0. The standard InChI is InChI=1S/C28H36N6O2/c1-28(2,3)21-10-12-23(13-11-21)34(26(35)24-9-6-16-33(24)19-29)25(20-7-4-14-31-17-20)27(36)32-15-5-8-22(30)18-32/h4,7,10-14,17,22,24-25H,5-6,8-9,15-16,18,30H2,1-3H3/t22-,24+,25?/m0/s1. The predicted octanol–water partition coefficient (Wildman–Crippen LogP) is 3.35. The third-order valence-electron chi connectivity index (χ3n) is 7.18. The molecule has 2 fully saturated rings. The SMILES string of the molecule is CC(C)(C)c1ccc(N(C(=O)[C@H]2CCCN2C#N)C(C(=O)N2CCC[C@H](N)C2)c2cccnc2)cc1. The number of rotatable bonds is 5. The van der Waals surface area contributed by atoms with Crippen molar-refractivity contribution >= 4 is 17.5 Å². The normalized spacial score (nSPS) is 21.1. The highest BCUT2D eigenvalue weighted by atomic mass is 16.2. The predicted molar refractivity (Wildman–Crippen MR) is 139 cm³/mol. The van der Waals surface area contributed by atoms with Gasteiger partial charge in [-0.3, -0.25) is 24.4 Å². The topological polar surface area (TPSA) is 107 Å². The summed E-state index contributed by atoms with van der Waals surface area (Å²) in [4.78, 5) is 37.5. The molecular formula is C28H36N6O2. The first kappa shape index (κ1) is 25.6. The van der Waals surface area contributed by atoms with Gasteiger partial charge in [0, 0.05) is 49.3 Å². The van der Waals surface area contributed by atoms with Gasteiger partial charge in [0.25, 0.3) is 11.8 Å². The second kappa shape index (κ2) is 10.7. The molecule has 36 heavy (non-hydrogen) atoms. The molecule has 3 heterocycles.